The van der Waals surface area contributed by atoms with Crippen LogP contribution in [0.5, 0.6) is 0 Å². The molecule has 0 spiro atoms. The summed E-state index contributed by atoms with van der Waals surface area (Å²) in [6.07, 6.45) is -22.8. The van der Waals surface area contributed by atoms with Crippen molar-refractivity contribution in [3.8, 4) is 0 Å². The van der Waals surface area contributed by atoms with Crippen molar-refractivity contribution >= 4 is 7.82 Å². The van der Waals surface area contributed by atoms with Crippen LogP contribution in [0.15, 0.2) is 30.3 Å². The first-order valence-electron chi connectivity index (χ1n) is 8.32. The van der Waals surface area contributed by atoms with Gasteiger partial charge in [-0.2, -0.15) is 65.9 Å². The lowest BCUT2D eigenvalue weighted by Crippen LogP contribution is -2.62. The summed E-state index contributed by atoms with van der Waals surface area (Å²) in [5.74, 6) is -21.8. The maximum absolute atomic E-state index is 14.5. The van der Waals surface area contributed by atoms with Crippen molar-refractivity contribution in [2.24, 2.45) is 0 Å². The number of halogens is 15. The van der Waals surface area contributed by atoms with Gasteiger partial charge in [0.25, 0.3) is 0 Å². The number of hydrogen-bond acceptors (Lipinski definition) is 4. The lowest BCUT2D eigenvalue weighted by atomic mass is 9.94. The number of rotatable bonds is 10. The van der Waals surface area contributed by atoms with E-state index in [2.05, 4.69) is 13.6 Å². The Balaban J connectivity index is 3.64. The highest BCUT2D eigenvalue weighted by atomic mass is 31.2. The molecule has 1 atom stereocenters. The molecule has 1 rings (SSSR count). The summed E-state index contributed by atoms with van der Waals surface area (Å²) >= 11 is 0. The summed E-state index contributed by atoms with van der Waals surface area (Å²) in [6.45, 7) is -5.71. The standard InChI is InChI=1S/C15H10F15O4P/c16-10(17,18)6-32-35(31,33-7-11(19,20)21)34-9(8-4-2-1-3-5-8)12(22,23)13(24,25)14(26,27)15(28,29)30/h1-5,9H,6-7H2/t9-/m0/s1. The van der Waals surface area contributed by atoms with Crippen LogP contribution in [0.25, 0.3) is 0 Å². The second kappa shape index (κ2) is 9.97. The Kier molecular flexibility index (Phi) is 8.92. The molecule has 204 valence electrons. The third-order valence-corrected chi connectivity index (χ3v) is 4.97. The highest BCUT2D eigenvalue weighted by Crippen LogP contribution is 2.62. The number of benzene rings is 1. The van der Waals surface area contributed by atoms with Crippen LogP contribution in [0.1, 0.15) is 11.7 Å². The van der Waals surface area contributed by atoms with Crippen molar-refractivity contribution in [1.82, 2.24) is 0 Å². The molecule has 20 heteroatoms. The summed E-state index contributed by atoms with van der Waals surface area (Å²) in [4.78, 5) is 0. The molecule has 0 aliphatic heterocycles. The molecule has 0 aromatic heterocycles. The average Bonchev–Trinajstić information content (AvgIpc) is 2.67. The van der Waals surface area contributed by atoms with Gasteiger partial charge in [-0.3, -0.25) is 13.6 Å². The van der Waals surface area contributed by atoms with Crippen molar-refractivity contribution in [1.29, 1.82) is 0 Å². The third-order valence-electron chi connectivity index (χ3n) is 3.61. The molecule has 0 fully saturated rings. The Morgan fingerprint density at radius 2 is 1.06 bits per heavy atom. The van der Waals surface area contributed by atoms with Gasteiger partial charge in [-0.05, 0) is 5.56 Å². The number of alkyl halides is 15. The highest BCUT2D eigenvalue weighted by molar-refractivity contribution is 7.48. The fraction of sp³-hybridized carbons (Fsp3) is 0.600. The highest BCUT2D eigenvalue weighted by Gasteiger charge is 2.83. The Labute approximate surface area is 184 Å². The number of phosphoric ester groups is 1. The zero-order valence-corrected chi connectivity index (χ0v) is 17.0. The zero-order valence-electron chi connectivity index (χ0n) is 16.1. The molecule has 0 heterocycles. The Bertz CT molecular complexity index is 857. The molecular weight excluding hydrogens is 560 g/mol. The van der Waals surface area contributed by atoms with E-state index in [1.807, 2.05) is 0 Å². The lowest BCUT2D eigenvalue weighted by Gasteiger charge is -2.38. The summed E-state index contributed by atoms with van der Waals surface area (Å²) in [7, 11) is -6.67. The minimum Gasteiger partial charge on any atom is -0.277 e. The molecule has 1 aromatic rings. The minimum atomic E-state index is -7.52. The molecule has 0 unspecified atom stereocenters. The molecule has 35 heavy (non-hydrogen) atoms. The first kappa shape index (κ1) is 31.3. The third kappa shape index (κ3) is 7.63. The van der Waals surface area contributed by atoms with Gasteiger partial charge < -0.3 is 0 Å². The predicted octanol–water partition coefficient (Wildman–Crippen LogP) is 7.48. The molecule has 0 amide bonds. The lowest BCUT2D eigenvalue weighted by molar-refractivity contribution is -0.405. The van der Waals surface area contributed by atoms with E-state index < -0.39 is 69.0 Å². The van der Waals surface area contributed by atoms with Crippen molar-refractivity contribution in [2.75, 3.05) is 13.2 Å². The molecule has 4 nitrogen and oxygen atoms in total. The van der Waals surface area contributed by atoms with E-state index >= 15 is 0 Å². The molecule has 0 aliphatic rings. The topological polar surface area (TPSA) is 44.8 Å². The first-order chi connectivity index (χ1) is 15.4. The minimum absolute atomic E-state index is 0.262. The van der Waals surface area contributed by atoms with Crippen LogP contribution in [-0.2, 0) is 18.1 Å². The monoisotopic (exact) mass is 570 g/mol. The smallest absolute Gasteiger partial charge is 0.277 e. The normalized spacial score (nSPS) is 15.9. The van der Waals surface area contributed by atoms with Gasteiger partial charge in [-0.1, -0.05) is 30.3 Å². The van der Waals surface area contributed by atoms with Crippen LogP contribution < -0.4 is 0 Å². The second-order valence-electron chi connectivity index (χ2n) is 6.39. The first-order valence-corrected chi connectivity index (χ1v) is 9.78. The van der Waals surface area contributed by atoms with E-state index in [-0.39, 0.29) is 12.1 Å². The summed E-state index contributed by atoms with van der Waals surface area (Å²) in [5, 5.41) is 0. The van der Waals surface area contributed by atoms with Crippen LogP contribution in [0.3, 0.4) is 0 Å². The second-order valence-corrected chi connectivity index (χ2v) is 8.01. The van der Waals surface area contributed by atoms with Crippen LogP contribution >= 0.6 is 7.82 Å². The van der Waals surface area contributed by atoms with E-state index in [4.69, 9.17) is 0 Å². The van der Waals surface area contributed by atoms with E-state index in [1.165, 1.54) is 0 Å². The maximum Gasteiger partial charge on any atom is 0.476 e. The van der Waals surface area contributed by atoms with E-state index in [1.54, 1.807) is 0 Å². The number of phosphoric acid groups is 1. The molecule has 0 aliphatic carbocycles. The van der Waals surface area contributed by atoms with Gasteiger partial charge in [0.15, 0.2) is 19.3 Å². The molecule has 0 saturated heterocycles. The van der Waals surface area contributed by atoms with E-state index in [0.717, 1.165) is 6.07 Å². The van der Waals surface area contributed by atoms with E-state index in [9.17, 15) is 70.4 Å². The van der Waals surface area contributed by atoms with Crippen molar-refractivity contribution < 1.29 is 84.0 Å². The average molecular weight is 570 g/mol. The van der Waals surface area contributed by atoms with Gasteiger partial charge >= 0.3 is 44.1 Å². The quantitative estimate of drug-likeness (QED) is 0.216. The molecule has 1 aromatic carbocycles. The molecule has 0 radical (unpaired) electrons. The summed E-state index contributed by atoms with van der Waals surface area (Å²) in [5.41, 5.74) is -1.53. The SMILES string of the molecule is O=P(OCC(F)(F)F)(OCC(F)(F)F)O[C@@H](c1ccccc1)C(F)(F)C(F)(F)C(F)(F)C(F)(F)F. The summed E-state index contributed by atoms with van der Waals surface area (Å²) < 4.78 is 218. The van der Waals surface area contributed by atoms with Crippen LogP contribution in [0, 0.1) is 0 Å². The van der Waals surface area contributed by atoms with Crippen molar-refractivity contribution in [3.63, 3.8) is 0 Å². The van der Waals surface area contributed by atoms with Crippen LogP contribution in [-0.4, -0.2) is 49.5 Å². The Morgan fingerprint density at radius 1 is 0.657 bits per heavy atom. The fourth-order valence-corrected chi connectivity index (χ4v) is 3.37. The maximum atomic E-state index is 14.5. The van der Waals surface area contributed by atoms with Gasteiger partial charge in [0.1, 0.15) is 0 Å². The molecule has 0 saturated carbocycles. The van der Waals surface area contributed by atoms with E-state index in [0.29, 0.717) is 12.1 Å². The van der Waals surface area contributed by atoms with Gasteiger partial charge in [0.05, 0.1) is 0 Å². The van der Waals surface area contributed by atoms with Crippen LogP contribution in [0.4, 0.5) is 65.9 Å². The fourth-order valence-electron chi connectivity index (χ4n) is 2.05. The largest absolute Gasteiger partial charge is 0.476 e. The van der Waals surface area contributed by atoms with Crippen molar-refractivity contribution in [3.05, 3.63) is 35.9 Å². The van der Waals surface area contributed by atoms with Gasteiger partial charge in [-0.25, -0.2) is 4.57 Å². The molecule has 0 bridgehead atoms. The molecule has 0 N–H and O–H groups in total. The zero-order chi connectivity index (χ0) is 27.7. The van der Waals surface area contributed by atoms with Gasteiger partial charge in [-0.15, -0.1) is 0 Å². The van der Waals surface area contributed by atoms with Gasteiger partial charge in [0, 0.05) is 0 Å². The van der Waals surface area contributed by atoms with Crippen molar-refractivity contribution in [2.45, 2.75) is 42.4 Å². The van der Waals surface area contributed by atoms with Crippen LogP contribution in [0.2, 0.25) is 0 Å². The Morgan fingerprint density at radius 3 is 1.40 bits per heavy atom. The van der Waals surface area contributed by atoms with Gasteiger partial charge in [0.2, 0.25) is 0 Å². The Hall–Kier alpha value is -1.72. The predicted molar refractivity (Wildman–Crippen MR) is 82.8 cm³/mol. The summed E-state index contributed by atoms with van der Waals surface area (Å²) in [6, 6.07) is 2.76. The number of hydrogen-bond donors (Lipinski definition) is 0. The molecular formula is C15H10F15O4P.